The van der Waals surface area contributed by atoms with E-state index in [0.29, 0.717) is 23.2 Å². The van der Waals surface area contributed by atoms with Gasteiger partial charge in [0.1, 0.15) is 0 Å². The summed E-state index contributed by atoms with van der Waals surface area (Å²) in [4.78, 5) is 2.17. The molecule has 0 aromatic heterocycles. The van der Waals surface area contributed by atoms with E-state index in [1.54, 1.807) is 0 Å². The van der Waals surface area contributed by atoms with Gasteiger partial charge in [-0.25, -0.2) is 0 Å². The van der Waals surface area contributed by atoms with E-state index in [0.717, 1.165) is 71.0 Å². The van der Waals surface area contributed by atoms with Crippen molar-refractivity contribution in [2.75, 3.05) is 4.90 Å². The van der Waals surface area contributed by atoms with Gasteiger partial charge < -0.3 is 4.90 Å². The highest BCUT2D eigenvalue weighted by Gasteiger charge is 2.62. The molecule has 0 N–H and O–H groups in total. The average Bonchev–Trinajstić information content (AvgIpc) is 3.45. The second-order valence-electron chi connectivity index (χ2n) is 20.2. The van der Waals surface area contributed by atoms with E-state index in [1.165, 1.54) is 48.8 Å². The number of benzene rings is 4. The van der Waals surface area contributed by atoms with E-state index in [-0.39, 0.29) is 41.7 Å². The Morgan fingerprint density at radius 3 is 1.55 bits per heavy atom. The molecule has 0 atom stereocenters. The van der Waals surface area contributed by atoms with Crippen LogP contribution in [-0.4, -0.2) is 0 Å². The van der Waals surface area contributed by atoms with Crippen LogP contribution in [0.1, 0.15) is 155 Å². The molecule has 0 radical (unpaired) electrons. The molecule has 51 heavy (non-hydrogen) atoms. The van der Waals surface area contributed by atoms with E-state index in [1.807, 2.05) is 0 Å². The van der Waals surface area contributed by atoms with Crippen molar-refractivity contribution in [2.24, 2.45) is 23.7 Å². The van der Waals surface area contributed by atoms with Crippen LogP contribution in [0, 0.1) is 23.7 Å². The normalized spacial score (nSPS) is 32.4. The van der Waals surface area contributed by atoms with Crippen molar-refractivity contribution in [1.29, 1.82) is 0 Å². The second-order valence-corrected chi connectivity index (χ2v) is 20.2. The lowest BCUT2D eigenvalue weighted by atomic mass is 9.43. The molecule has 0 saturated heterocycles. The molecule has 0 amide bonds. The molecule has 7 aliphatic carbocycles. The molecule has 0 heterocycles. The van der Waals surface area contributed by atoms with Gasteiger partial charge in [-0.3, -0.25) is 0 Å². The third-order valence-corrected chi connectivity index (χ3v) is 15.4. The number of fused-ring (bicyclic) bond motifs is 5. The van der Waals surface area contributed by atoms with Crippen LogP contribution in [0.2, 0.25) is 0 Å². The summed E-state index contributed by atoms with van der Waals surface area (Å²) in [5.74, 6) is 2.72. The Labute approximate surface area is 316 Å². The maximum absolute atomic E-state index is 10.1. The Balaban J connectivity index is 1.40. The third kappa shape index (κ3) is 4.27. The zero-order chi connectivity index (χ0) is 40.5. The molecule has 4 bridgehead atoms. The fourth-order valence-corrected chi connectivity index (χ4v) is 12.9. The van der Waals surface area contributed by atoms with Crippen molar-refractivity contribution in [3.63, 3.8) is 0 Å². The summed E-state index contributed by atoms with van der Waals surface area (Å²) in [7, 11) is 0. The van der Waals surface area contributed by atoms with Crippen LogP contribution >= 0.6 is 0 Å². The van der Waals surface area contributed by atoms with Gasteiger partial charge in [0, 0.05) is 11.0 Å². The first kappa shape index (κ1) is 26.4. The summed E-state index contributed by atoms with van der Waals surface area (Å²) in [6.07, 6.45) is 9.85. The molecule has 264 valence electrons. The van der Waals surface area contributed by atoms with Crippen molar-refractivity contribution < 1.29 is 8.22 Å². The van der Waals surface area contributed by atoms with Crippen molar-refractivity contribution in [3.8, 4) is 11.1 Å². The lowest BCUT2D eigenvalue weighted by Crippen LogP contribution is -2.55. The zero-order valence-electron chi connectivity index (χ0n) is 38.2. The number of hydrogen-bond acceptors (Lipinski definition) is 1. The van der Waals surface area contributed by atoms with Gasteiger partial charge in [-0.2, -0.15) is 0 Å². The SMILES string of the molecule is [2H]c1c([2H])c(N(c2cccc3c2-c2ccccc2C32C3CC4CC(C3)CC2C4)c2c([2H])c([2H])c([2H])c3c2C(C)(C)CCC3(C)C)c2c(c1[2H])C(C)(C)CCC2(C)C. The smallest absolute Gasteiger partial charge is 0.0645 e. The van der Waals surface area contributed by atoms with Gasteiger partial charge in [-0.05, 0) is 160 Å². The maximum atomic E-state index is 10.1. The molecule has 7 aliphatic rings. The van der Waals surface area contributed by atoms with Gasteiger partial charge in [0.25, 0.3) is 0 Å². The number of hydrogen-bond donors (Lipinski definition) is 0. The first-order valence-electron chi connectivity index (χ1n) is 23.1. The van der Waals surface area contributed by atoms with Gasteiger partial charge in [-0.15, -0.1) is 0 Å². The fraction of sp³-hybridized carbons (Fsp3) is 0.520. The average molecular weight is 680 g/mol. The largest absolute Gasteiger partial charge is 0.309 e. The monoisotopic (exact) mass is 680 g/mol. The summed E-state index contributed by atoms with van der Waals surface area (Å²) in [5.41, 5.74) is 8.93. The van der Waals surface area contributed by atoms with Crippen LogP contribution in [-0.2, 0) is 27.1 Å². The minimum atomic E-state index is -0.438. The highest BCUT2D eigenvalue weighted by atomic mass is 15.2. The predicted octanol–water partition coefficient (Wildman–Crippen LogP) is 13.6. The van der Waals surface area contributed by atoms with E-state index in [2.05, 4.69) is 103 Å². The van der Waals surface area contributed by atoms with Crippen LogP contribution in [0.5, 0.6) is 0 Å². The van der Waals surface area contributed by atoms with Crippen LogP contribution in [0.25, 0.3) is 11.1 Å². The molecule has 11 rings (SSSR count). The first-order valence-corrected chi connectivity index (χ1v) is 20.1. The maximum Gasteiger partial charge on any atom is 0.0645 e. The van der Waals surface area contributed by atoms with E-state index in [4.69, 9.17) is 0 Å². The van der Waals surface area contributed by atoms with Crippen molar-refractivity contribution in [1.82, 2.24) is 0 Å². The minimum absolute atomic E-state index is 0.000234. The lowest BCUT2D eigenvalue weighted by Gasteiger charge is -2.61. The summed E-state index contributed by atoms with van der Waals surface area (Å²) >= 11 is 0. The highest BCUT2D eigenvalue weighted by molar-refractivity contribution is 5.97. The molecule has 0 unspecified atom stereocenters. The Morgan fingerprint density at radius 1 is 0.510 bits per heavy atom. The molecule has 1 spiro atoms. The standard InChI is InChI=1S/C50H59N/c1-46(2)22-24-48(5,6)44-38(46)17-12-20-41(44)51(42-21-13-18-39-45(42)49(7,8)25-23-47(39,3)4)40-19-11-16-37-43(40)35-14-9-10-15-36(35)50(37)33-27-31-26-32(29-33)30-34(50)28-31/h9-21,31-34H,22-30H2,1-8H3/i12D,13D,17D,18D,20D,21D. The molecular formula is C50H59N. The summed E-state index contributed by atoms with van der Waals surface area (Å²) in [6.45, 7) is 17.6. The zero-order valence-corrected chi connectivity index (χ0v) is 32.2. The molecule has 1 heteroatoms. The molecule has 4 saturated carbocycles. The van der Waals surface area contributed by atoms with Gasteiger partial charge in [0.15, 0.2) is 0 Å². The van der Waals surface area contributed by atoms with E-state index < -0.39 is 21.7 Å². The van der Waals surface area contributed by atoms with Crippen LogP contribution < -0.4 is 4.90 Å². The van der Waals surface area contributed by atoms with Gasteiger partial charge in [-0.1, -0.05) is 116 Å². The van der Waals surface area contributed by atoms with E-state index in [9.17, 15) is 8.22 Å². The van der Waals surface area contributed by atoms with Crippen molar-refractivity contribution in [3.05, 3.63) is 112 Å². The topological polar surface area (TPSA) is 3.24 Å². The van der Waals surface area contributed by atoms with Crippen molar-refractivity contribution in [2.45, 2.75) is 140 Å². The molecule has 4 fully saturated rings. The van der Waals surface area contributed by atoms with Gasteiger partial charge >= 0.3 is 0 Å². The third-order valence-electron chi connectivity index (χ3n) is 15.4. The second kappa shape index (κ2) is 10.4. The Hall–Kier alpha value is -3.32. The molecule has 4 aromatic carbocycles. The predicted molar refractivity (Wildman–Crippen MR) is 215 cm³/mol. The molecule has 4 aromatic rings. The Kier molecular flexibility index (Phi) is 5.40. The van der Waals surface area contributed by atoms with Gasteiger partial charge in [0.2, 0.25) is 0 Å². The Morgan fingerprint density at radius 2 is 1.00 bits per heavy atom. The number of rotatable bonds is 3. The van der Waals surface area contributed by atoms with Crippen LogP contribution in [0.4, 0.5) is 17.1 Å². The molecule has 0 aliphatic heterocycles. The number of anilines is 3. The first-order chi connectivity index (χ1) is 26.7. The van der Waals surface area contributed by atoms with Crippen molar-refractivity contribution >= 4 is 17.1 Å². The summed E-state index contributed by atoms with van der Waals surface area (Å²) in [6, 6.07) is 15.9. The molecular weight excluding hydrogens is 615 g/mol. The lowest BCUT2D eigenvalue weighted by molar-refractivity contribution is -0.0399. The van der Waals surface area contributed by atoms with Gasteiger partial charge in [0.05, 0.1) is 25.3 Å². The Bertz CT molecular complexity index is 2290. The van der Waals surface area contributed by atoms with E-state index >= 15 is 0 Å². The quantitative estimate of drug-likeness (QED) is 0.208. The fourth-order valence-electron chi connectivity index (χ4n) is 12.9. The molecule has 1 nitrogen and oxygen atoms in total. The number of nitrogens with zero attached hydrogens (tertiary/aromatic N) is 1. The van der Waals surface area contributed by atoms with Crippen LogP contribution in [0.3, 0.4) is 0 Å². The highest BCUT2D eigenvalue weighted by Crippen LogP contribution is 2.70. The minimum Gasteiger partial charge on any atom is -0.309 e. The summed E-state index contributed by atoms with van der Waals surface area (Å²) < 4.78 is 58.2. The van der Waals surface area contributed by atoms with Crippen LogP contribution in [0.15, 0.2) is 78.7 Å². The summed E-state index contributed by atoms with van der Waals surface area (Å²) in [5, 5.41) is 0.